The molecule has 0 aromatic heterocycles. The first kappa shape index (κ1) is 26.4. The zero-order chi connectivity index (χ0) is 24.3. The van der Waals surface area contributed by atoms with Gasteiger partial charge < -0.3 is 0 Å². The van der Waals surface area contributed by atoms with Crippen molar-refractivity contribution in [3.05, 3.63) is 59.7 Å². The number of benzene rings is 2. The Kier molecular flexibility index (Phi) is 10.7. The van der Waals surface area contributed by atoms with Crippen LogP contribution in [0, 0.1) is 17.8 Å². The van der Waals surface area contributed by atoms with Crippen molar-refractivity contribution in [2.45, 2.75) is 116 Å². The lowest BCUT2D eigenvalue weighted by Crippen LogP contribution is -2.25. The SMILES string of the molecule is CCC[C@H]1CC[C@H]([C@H]2CC[C@H](c3ccc(-c4ccc(CCCCCCCF)cc4)cc3)CC2)CC1. The van der Waals surface area contributed by atoms with E-state index >= 15 is 0 Å². The van der Waals surface area contributed by atoms with Crippen LogP contribution in [0.3, 0.4) is 0 Å². The second kappa shape index (κ2) is 14.2. The zero-order valence-corrected chi connectivity index (χ0v) is 22.3. The van der Waals surface area contributed by atoms with Crippen LogP contribution in [0.1, 0.15) is 120 Å². The molecule has 2 aromatic rings. The summed E-state index contributed by atoms with van der Waals surface area (Å²) in [4.78, 5) is 0. The Labute approximate surface area is 215 Å². The average molecular weight is 477 g/mol. The molecule has 0 unspecified atom stereocenters. The van der Waals surface area contributed by atoms with Crippen LogP contribution < -0.4 is 0 Å². The summed E-state index contributed by atoms with van der Waals surface area (Å²) in [6.07, 6.45) is 21.0. The lowest BCUT2D eigenvalue weighted by Gasteiger charge is -2.38. The van der Waals surface area contributed by atoms with Crippen molar-refractivity contribution < 1.29 is 4.39 Å². The third-order valence-corrected chi connectivity index (χ3v) is 9.30. The molecule has 0 bridgehead atoms. The smallest absolute Gasteiger partial charge is 0.0894 e. The van der Waals surface area contributed by atoms with Gasteiger partial charge in [0.25, 0.3) is 0 Å². The van der Waals surface area contributed by atoms with Gasteiger partial charge in [-0.15, -0.1) is 0 Å². The molecule has 0 N–H and O–H groups in total. The number of unbranched alkanes of at least 4 members (excludes halogenated alkanes) is 4. The Morgan fingerprint density at radius 1 is 0.629 bits per heavy atom. The van der Waals surface area contributed by atoms with Gasteiger partial charge in [0.15, 0.2) is 0 Å². The quantitative estimate of drug-likeness (QED) is 0.267. The molecule has 2 fully saturated rings. The number of rotatable bonds is 12. The molecule has 35 heavy (non-hydrogen) atoms. The summed E-state index contributed by atoms with van der Waals surface area (Å²) in [6.45, 7) is 2.18. The van der Waals surface area contributed by atoms with Gasteiger partial charge in [0.2, 0.25) is 0 Å². The highest BCUT2D eigenvalue weighted by atomic mass is 19.1. The largest absolute Gasteiger partial charge is 0.251 e. The molecule has 2 aliphatic carbocycles. The third kappa shape index (κ3) is 7.93. The van der Waals surface area contributed by atoms with Crippen LogP contribution in [0.15, 0.2) is 48.5 Å². The van der Waals surface area contributed by atoms with E-state index in [2.05, 4.69) is 55.5 Å². The Morgan fingerprint density at radius 3 is 1.77 bits per heavy atom. The van der Waals surface area contributed by atoms with Gasteiger partial charge in [0.05, 0.1) is 6.67 Å². The summed E-state index contributed by atoms with van der Waals surface area (Å²) in [5.74, 6) is 3.83. The minimum Gasteiger partial charge on any atom is -0.251 e. The van der Waals surface area contributed by atoms with E-state index in [0.29, 0.717) is 0 Å². The predicted octanol–water partition coefficient (Wildman–Crippen LogP) is 10.7. The number of hydrogen-bond donors (Lipinski definition) is 0. The standard InChI is InChI=1S/C34H49F/c1-2-8-27-10-14-29(15-11-27)31-18-22-33(23-19-31)34-24-20-32(21-25-34)30-16-12-28(13-17-30)9-6-4-3-5-7-26-35/h12-13,16-17,20-21,24-25,27,29,31,33H,2-11,14-15,18-19,22-23,26H2,1H3/t27-,29-,31-,33-. The van der Waals surface area contributed by atoms with Crippen LogP contribution in [0.25, 0.3) is 11.1 Å². The fourth-order valence-corrected chi connectivity index (χ4v) is 7.05. The van der Waals surface area contributed by atoms with Gasteiger partial charge >= 0.3 is 0 Å². The molecular weight excluding hydrogens is 427 g/mol. The van der Waals surface area contributed by atoms with Crippen LogP contribution in [0.2, 0.25) is 0 Å². The average Bonchev–Trinajstić information content (AvgIpc) is 2.92. The monoisotopic (exact) mass is 476 g/mol. The molecule has 192 valence electrons. The van der Waals surface area contributed by atoms with Crippen LogP contribution in [0.4, 0.5) is 4.39 Å². The highest BCUT2D eigenvalue weighted by Gasteiger charge is 2.31. The van der Waals surface area contributed by atoms with E-state index in [1.165, 1.54) is 93.7 Å². The second-order valence-corrected chi connectivity index (χ2v) is 11.7. The van der Waals surface area contributed by atoms with Crippen molar-refractivity contribution in [2.75, 3.05) is 6.67 Å². The first-order valence-corrected chi connectivity index (χ1v) is 15.0. The summed E-state index contributed by atoms with van der Waals surface area (Å²) < 4.78 is 12.2. The normalized spacial score (nSPS) is 25.0. The molecule has 2 saturated carbocycles. The molecule has 2 aliphatic rings. The fourth-order valence-electron chi connectivity index (χ4n) is 7.05. The van der Waals surface area contributed by atoms with Crippen molar-refractivity contribution in [1.29, 1.82) is 0 Å². The molecule has 0 nitrogen and oxygen atoms in total. The van der Waals surface area contributed by atoms with Gasteiger partial charge in [-0.05, 0) is 104 Å². The van der Waals surface area contributed by atoms with Gasteiger partial charge in [0, 0.05) is 0 Å². The van der Waals surface area contributed by atoms with Crippen molar-refractivity contribution in [3.8, 4) is 11.1 Å². The van der Waals surface area contributed by atoms with Crippen LogP contribution in [-0.2, 0) is 6.42 Å². The van der Waals surface area contributed by atoms with Crippen molar-refractivity contribution in [3.63, 3.8) is 0 Å². The van der Waals surface area contributed by atoms with Crippen molar-refractivity contribution in [2.24, 2.45) is 17.8 Å². The maximum atomic E-state index is 12.2. The molecule has 4 rings (SSSR count). The topological polar surface area (TPSA) is 0 Å². The Bertz CT molecular complexity index is 820. The lowest BCUT2D eigenvalue weighted by molar-refractivity contribution is 0.156. The zero-order valence-electron chi connectivity index (χ0n) is 22.3. The number of alkyl halides is 1. The summed E-state index contributed by atoms with van der Waals surface area (Å²) in [7, 11) is 0. The highest BCUT2D eigenvalue weighted by molar-refractivity contribution is 5.64. The molecule has 0 saturated heterocycles. The second-order valence-electron chi connectivity index (χ2n) is 11.7. The molecule has 0 radical (unpaired) electrons. The third-order valence-electron chi connectivity index (χ3n) is 9.30. The Morgan fingerprint density at radius 2 is 1.17 bits per heavy atom. The summed E-state index contributed by atoms with van der Waals surface area (Å²) in [5, 5.41) is 0. The van der Waals surface area contributed by atoms with E-state index in [1.54, 1.807) is 5.56 Å². The maximum Gasteiger partial charge on any atom is 0.0894 e. The van der Waals surface area contributed by atoms with Crippen molar-refractivity contribution in [1.82, 2.24) is 0 Å². The van der Waals surface area contributed by atoms with Crippen LogP contribution in [0.5, 0.6) is 0 Å². The van der Waals surface area contributed by atoms with E-state index in [0.717, 1.165) is 49.4 Å². The Balaban J connectivity index is 1.21. The number of aryl methyl sites for hydroxylation is 1. The minimum atomic E-state index is -0.163. The summed E-state index contributed by atoms with van der Waals surface area (Å²) in [5.41, 5.74) is 5.64. The maximum absolute atomic E-state index is 12.2. The number of halogens is 1. The molecular formula is C34H49F. The summed E-state index contributed by atoms with van der Waals surface area (Å²) >= 11 is 0. The van der Waals surface area contributed by atoms with Gasteiger partial charge in [-0.1, -0.05) is 100 Å². The predicted molar refractivity (Wildman–Crippen MR) is 150 cm³/mol. The van der Waals surface area contributed by atoms with E-state index in [-0.39, 0.29) is 6.67 Å². The molecule has 0 amide bonds. The van der Waals surface area contributed by atoms with Gasteiger partial charge in [-0.25, -0.2) is 0 Å². The minimum absolute atomic E-state index is 0.163. The van der Waals surface area contributed by atoms with E-state index in [9.17, 15) is 4.39 Å². The lowest BCUT2D eigenvalue weighted by atomic mass is 9.68. The molecule has 2 aromatic carbocycles. The van der Waals surface area contributed by atoms with E-state index in [1.807, 2.05) is 0 Å². The van der Waals surface area contributed by atoms with Gasteiger partial charge in [-0.2, -0.15) is 0 Å². The van der Waals surface area contributed by atoms with Crippen LogP contribution >= 0.6 is 0 Å². The molecule has 0 aliphatic heterocycles. The highest BCUT2D eigenvalue weighted by Crippen LogP contribution is 2.44. The fraction of sp³-hybridized carbons (Fsp3) is 0.647. The van der Waals surface area contributed by atoms with Crippen LogP contribution in [-0.4, -0.2) is 6.67 Å². The Hall–Kier alpha value is -1.63. The molecule has 1 heteroatoms. The summed E-state index contributed by atoms with van der Waals surface area (Å²) in [6, 6.07) is 18.7. The van der Waals surface area contributed by atoms with Gasteiger partial charge in [0.1, 0.15) is 0 Å². The van der Waals surface area contributed by atoms with Crippen molar-refractivity contribution >= 4 is 0 Å². The molecule has 0 spiro atoms. The molecule has 0 atom stereocenters. The first-order chi connectivity index (χ1) is 17.3. The van der Waals surface area contributed by atoms with E-state index in [4.69, 9.17) is 0 Å². The van der Waals surface area contributed by atoms with Gasteiger partial charge in [-0.3, -0.25) is 4.39 Å². The first-order valence-electron chi connectivity index (χ1n) is 15.0. The number of hydrogen-bond acceptors (Lipinski definition) is 0. The van der Waals surface area contributed by atoms with E-state index < -0.39 is 0 Å². The molecule has 0 heterocycles.